The minimum Gasteiger partial charge on any atom is -0.476 e. The Morgan fingerprint density at radius 1 is 1.31 bits per heavy atom. The first-order chi connectivity index (χ1) is 14.0. The predicted octanol–water partition coefficient (Wildman–Crippen LogP) is 0.634. The number of aromatic nitrogens is 3. The van der Waals surface area contributed by atoms with Crippen LogP contribution in [0.4, 0.5) is 17.3 Å². The molecule has 0 saturated carbocycles. The van der Waals surface area contributed by atoms with E-state index in [4.69, 9.17) is 16.7 Å². The van der Waals surface area contributed by atoms with Crippen molar-refractivity contribution in [1.82, 2.24) is 20.5 Å². The molecule has 142 valence electrons. The standard InChI is InChI=1S/C17H12N10O2/c18-4-7-11(20)10-12(23-17(22-5-19)25-15(10)24-14(7)21)6-2-1-3-8-9(6)13(16(28)29)27-26-8/h1-3,12H,(H,26,27)(H,28,29)(H6,20,21,22,23,24,25). The van der Waals surface area contributed by atoms with Crippen molar-refractivity contribution in [3.63, 3.8) is 0 Å². The molecule has 29 heavy (non-hydrogen) atoms. The monoisotopic (exact) mass is 388 g/mol. The predicted molar refractivity (Wildman–Crippen MR) is 102 cm³/mol. The van der Waals surface area contributed by atoms with Crippen LogP contribution in [-0.4, -0.2) is 32.2 Å². The number of carbonyl (C=O) groups is 1. The second-order valence-electron chi connectivity index (χ2n) is 6.05. The number of carboxylic acids is 1. The van der Waals surface area contributed by atoms with Crippen molar-refractivity contribution in [2.75, 3.05) is 16.8 Å². The van der Waals surface area contributed by atoms with E-state index >= 15 is 0 Å². The first kappa shape index (κ1) is 17.6. The van der Waals surface area contributed by atoms with E-state index < -0.39 is 12.0 Å². The van der Waals surface area contributed by atoms with Gasteiger partial charge in [0.05, 0.1) is 11.2 Å². The smallest absolute Gasteiger partial charge is 0.357 e. The number of nitrogens with zero attached hydrogens (tertiary/aromatic N) is 5. The van der Waals surface area contributed by atoms with E-state index in [2.05, 4.69) is 30.8 Å². The summed E-state index contributed by atoms with van der Waals surface area (Å²) < 4.78 is 0. The number of nitrogens with one attached hydrogen (secondary N) is 3. The van der Waals surface area contributed by atoms with Gasteiger partial charge in [-0.3, -0.25) is 10.4 Å². The number of aliphatic imine (C=N–C) groups is 1. The highest BCUT2D eigenvalue weighted by molar-refractivity contribution is 6.04. The summed E-state index contributed by atoms with van der Waals surface area (Å²) in [4.78, 5) is 20.3. The van der Waals surface area contributed by atoms with Crippen molar-refractivity contribution in [3.8, 4) is 12.3 Å². The van der Waals surface area contributed by atoms with Gasteiger partial charge in [-0.1, -0.05) is 12.1 Å². The fraction of sp³-hybridized carbons (Fsp3) is 0.0588. The van der Waals surface area contributed by atoms with Crippen molar-refractivity contribution in [2.24, 2.45) is 4.99 Å². The number of guanidine groups is 1. The quantitative estimate of drug-likeness (QED) is 0.266. The van der Waals surface area contributed by atoms with Gasteiger partial charge in [-0.15, -0.1) is 0 Å². The van der Waals surface area contributed by atoms with Gasteiger partial charge in [0.2, 0.25) is 5.96 Å². The second-order valence-corrected chi connectivity index (χ2v) is 6.05. The Bertz CT molecular complexity index is 1290. The summed E-state index contributed by atoms with van der Waals surface area (Å²) in [5.74, 6) is -1.04. The van der Waals surface area contributed by atoms with Gasteiger partial charge in [0.1, 0.15) is 29.3 Å². The maximum Gasteiger partial charge on any atom is 0.357 e. The van der Waals surface area contributed by atoms with Crippen molar-refractivity contribution in [1.29, 1.82) is 10.5 Å². The number of nitrogen functional groups attached to an aromatic ring is 2. The number of carboxylic acid groups (broad SMARTS) is 1. The SMILES string of the molecule is N#CNC1=NC(c2cccc3[nH]nc(C(=O)O)c23)c2c(nc(N)c(C#N)c2N)N1. The van der Waals surface area contributed by atoms with Crippen molar-refractivity contribution >= 4 is 40.2 Å². The Labute approximate surface area is 162 Å². The van der Waals surface area contributed by atoms with E-state index in [-0.39, 0.29) is 34.5 Å². The molecule has 0 radical (unpaired) electrons. The highest BCUT2D eigenvalue weighted by atomic mass is 16.4. The number of aromatic amines is 1. The van der Waals surface area contributed by atoms with Crippen LogP contribution in [0.25, 0.3) is 10.9 Å². The number of rotatable bonds is 2. The van der Waals surface area contributed by atoms with Crippen LogP contribution in [0.5, 0.6) is 0 Å². The molecule has 3 heterocycles. The van der Waals surface area contributed by atoms with Crippen LogP contribution in [-0.2, 0) is 0 Å². The van der Waals surface area contributed by atoms with Gasteiger partial charge in [-0.2, -0.15) is 15.6 Å². The summed E-state index contributed by atoms with van der Waals surface area (Å²) in [5.41, 5.74) is 13.2. The Hall–Kier alpha value is -4.84. The number of fused-ring (bicyclic) bond motifs is 2. The summed E-state index contributed by atoms with van der Waals surface area (Å²) in [6.45, 7) is 0. The Kier molecular flexibility index (Phi) is 3.88. The Morgan fingerprint density at radius 3 is 2.79 bits per heavy atom. The molecule has 1 aromatic carbocycles. The van der Waals surface area contributed by atoms with Gasteiger partial charge in [-0.25, -0.2) is 14.8 Å². The van der Waals surface area contributed by atoms with Crippen LogP contribution in [0.2, 0.25) is 0 Å². The van der Waals surface area contributed by atoms with E-state index in [1.54, 1.807) is 24.4 Å². The van der Waals surface area contributed by atoms with Crippen LogP contribution in [0, 0.1) is 22.8 Å². The average molecular weight is 388 g/mol. The molecule has 8 N–H and O–H groups in total. The van der Waals surface area contributed by atoms with Crippen LogP contribution < -0.4 is 22.1 Å². The highest BCUT2D eigenvalue weighted by Gasteiger charge is 2.32. The summed E-state index contributed by atoms with van der Waals surface area (Å²) in [7, 11) is 0. The molecule has 2 aromatic heterocycles. The molecule has 1 aliphatic rings. The minimum atomic E-state index is -1.22. The van der Waals surface area contributed by atoms with Gasteiger partial charge >= 0.3 is 5.97 Å². The van der Waals surface area contributed by atoms with Gasteiger partial charge < -0.3 is 21.9 Å². The molecule has 0 saturated heterocycles. The molecule has 1 atom stereocenters. The molecular formula is C17H12N10O2. The Balaban J connectivity index is 2.06. The maximum atomic E-state index is 11.7. The van der Waals surface area contributed by atoms with Crippen molar-refractivity contribution < 1.29 is 9.90 Å². The van der Waals surface area contributed by atoms with Gasteiger partial charge in [0.25, 0.3) is 0 Å². The third-order valence-electron chi connectivity index (χ3n) is 4.48. The van der Waals surface area contributed by atoms with Crippen LogP contribution >= 0.6 is 0 Å². The van der Waals surface area contributed by atoms with Gasteiger partial charge in [0.15, 0.2) is 11.9 Å². The number of hydrogen-bond donors (Lipinski definition) is 6. The van der Waals surface area contributed by atoms with Crippen LogP contribution in [0.3, 0.4) is 0 Å². The summed E-state index contributed by atoms with van der Waals surface area (Å²) in [5, 5.41) is 39.9. The number of benzene rings is 1. The molecule has 4 rings (SSSR count). The summed E-state index contributed by atoms with van der Waals surface area (Å²) >= 11 is 0. The number of H-pyrrole nitrogens is 1. The van der Waals surface area contributed by atoms with E-state index in [1.165, 1.54) is 0 Å². The molecule has 12 heteroatoms. The zero-order chi connectivity index (χ0) is 20.7. The maximum absolute atomic E-state index is 11.7. The topological polar surface area (TPSA) is 215 Å². The van der Waals surface area contributed by atoms with E-state index in [0.29, 0.717) is 22.0 Å². The molecule has 0 aliphatic carbocycles. The minimum absolute atomic E-state index is 0.0136. The molecule has 1 aliphatic heterocycles. The second kappa shape index (κ2) is 6.40. The van der Waals surface area contributed by atoms with E-state index in [0.717, 1.165) is 0 Å². The molecular weight excluding hydrogens is 376 g/mol. The van der Waals surface area contributed by atoms with Crippen molar-refractivity contribution in [2.45, 2.75) is 6.04 Å². The molecule has 0 bridgehead atoms. The lowest BCUT2D eigenvalue weighted by atomic mass is 9.92. The number of hydrogen-bond acceptors (Lipinski definition) is 10. The lowest BCUT2D eigenvalue weighted by Gasteiger charge is -2.26. The highest BCUT2D eigenvalue weighted by Crippen LogP contribution is 2.42. The largest absolute Gasteiger partial charge is 0.476 e. The van der Waals surface area contributed by atoms with Crippen LogP contribution in [0.15, 0.2) is 23.2 Å². The molecule has 0 spiro atoms. The zero-order valence-electron chi connectivity index (χ0n) is 14.6. The molecule has 0 amide bonds. The lowest BCUT2D eigenvalue weighted by molar-refractivity contribution is 0.0692. The zero-order valence-corrected chi connectivity index (χ0v) is 14.6. The fourth-order valence-electron chi connectivity index (χ4n) is 3.29. The third kappa shape index (κ3) is 2.60. The number of nitriles is 2. The van der Waals surface area contributed by atoms with E-state index in [1.807, 2.05) is 6.07 Å². The van der Waals surface area contributed by atoms with Crippen LogP contribution in [0.1, 0.15) is 33.2 Å². The molecule has 1 unspecified atom stereocenters. The third-order valence-corrected chi connectivity index (χ3v) is 4.48. The van der Waals surface area contributed by atoms with Gasteiger partial charge in [-0.05, 0) is 11.6 Å². The van der Waals surface area contributed by atoms with E-state index in [9.17, 15) is 15.2 Å². The number of nitrogens with two attached hydrogens (primary N) is 2. The normalized spacial score (nSPS) is 14.8. The number of pyridine rings is 1. The number of anilines is 3. The molecule has 3 aromatic rings. The first-order valence-electron chi connectivity index (χ1n) is 8.15. The number of aromatic carboxylic acids is 1. The van der Waals surface area contributed by atoms with Gasteiger partial charge in [0, 0.05) is 10.9 Å². The molecule has 12 nitrogen and oxygen atoms in total. The molecule has 0 fully saturated rings. The Morgan fingerprint density at radius 2 is 2.10 bits per heavy atom. The average Bonchev–Trinajstić information content (AvgIpc) is 3.12. The summed E-state index contributed by atoms with van der Waals surface area (Å²) in [6.07, 6.45) is 1.76. The lowest BCUT2D eigenvalue weighted by Crippen LogP contribution is -2.32. The van der Waals surface area contributed by atoms with Crippen molar-refractivity contribution in [3.05, 3.63) is 40.6 Å². The fourth-order valence-corrected chi connectivity index (χ4v) is 3.29. The summed E-state index contributed by atoms with van der Waals surface area (Å²) in [6, 6.07) is 6.07. The first-order valence-corrected chi connectivity index (χ1v) is 8.15.